The minimum Gasteiger partial charge on any atom is -0.370 e. The Hall–Kier alpha value is -1.58. The van der Waals surface area contributed by atoms with Crippen LogP contribution >= 0.6 is 0 Å². The first-order chi connectivity index (χ1) is 10.1. The number of nitrogens with zero attached hydrogens (tertiary/aromatic N) is 1. The van der Waals surface area contributed by atoms with Gasteiger partial charge in [0.25, 0.3) is 5.91 Å². The highest BCUT2D eigenvalue weighted by molar-refractivity contribution is 5.95. The standard InChI is InChI=1S/C17H27N3O/c1-4-18-16-11-13(9-10-19-16)17(21)20-15-8-6-5-7-14(15)12(2)3/h9-12,14-15H,4-8H2,1-3H3,(H,18,19)(H,20,21). The predicted octanol–water partition coefficient (Wildman–Crippen LogP) is 3.46. The van der Waals surface area contributed by atoms with Crippen molar-refractivity contribution >= 4 is 11.7 Å². The normalized spacial score (nSPS) is 22.1. The van der Waals surface area contributed by atoms with Crippen molar-refractivity contribution < 1.29 is 4.79 Å². The lowest BCUT2D eigenvalue weighted by molar-refractivity contribution is 0.0889. The molecule has 4 nitrogen and oxygen atoms in total. The topological polar surface area (TPSA) is 54.0 Å². The second-order valence-corrected chi connectivity index (χ2v) is 6.23. The van der Waals surface area contributed by atoms with E-state index in [0.29, 0.717) is 23.4 Å². The summed E-state index contributed by atoms with van der Waals surface area (Å²) in [6.45, 7) is 7.33. The average molecular weight is 289 g/mol. The molecule has 0 aromatic carbocycles. The van der Waals surface area contributed by atoms with Crippen LogP contribution in [0.4, 0.5) is 5.82 Å². The second-order valence-electron chi connectivity index (χ2n) is 6.23. The molecule has 0 bridgehead atoms. The number of carbonyl (C=O) groups excluding carboxylic acids is 1. The fourth-order valence-electron chi connectivity index (χ4n) is 3.24. The van der Waals surface area contributed by atoms with Crippen LogP contribution in [-0.2, 0) is 0 Å². The van der Waals surface area contributed by atoms with E-state index in [-0.39, 0.29) is 5.91 Å². The van der Waals surface area contributed by atoms with E-state index >= 15 is 0 Å². The summed E-state index contributed by atoms with van der Waals surface area (Å²) in [6.07, 6.45) is 6.51. The van der Waals surface area contributed by atoms with Gasteiger partial charge in [-0.05, 0) is 43.7 Å². The number of amides is 1. The summed E-state index contributed by atoms with van der Waals surface area (Å²) in [7, 11) is 0. The molecule has 1 saturated carbocycles. The summed E-state index contributed by atoms with van der Waals surface area (Å²) < 4.78 is 0. The van der Waals surface area contributed by atoms with E-state index in [4.69, 9.17) is 0 Å². The highest BCUT2D eigenvalue weighted by atomic mass is 16.1. The number of rotatable bonds is 5. The van der Waals surface area contributed by atoms with Crippen molar-refractivity contribution in [1.82, 2.24) is 10.3 Å². The Kier molecular flexibility index (Phi) is 5.59. The van der Waals surface area contributed by atoms with Crippen LogP contribution in [0.1, 0.15) is 56.8 Å². The van der Waals surface area contributed by atoms with Gasteiger partial charge in [-0.2, -0.15) is 0 Å². The number of aromatic nitrogens is 1. The SMILES string of the molecule is CCNc1cc(C(=O)NC2CCCCC2C(C)C)ccn1. The Labute approximate surface area is 127 Å². The average Bonchev–Trinajstić information content (AvgIpc) is 2.48. The number of nitrogens with one attached hydrogen (secondary N) is 2. The molecule has 1 heterocycles. The number of hydrogen-bond acceptors (Lipinski definition) is 3. The maximum Gasteiger partial charge on any atom is 0.251 e. The van der Waals surface area contributed by atoms with E-state index in [0.717, 1.165) is 18.8 Å². The molecule has 0 spiro atoms. The zero-order valence-corrected chi connectivity index (χ0v) is 13.4. The Morgan fingerprint density at radius 2 is 2.14 bits per heavy atom. The first-order valence-corrected chi connectivity index (χ1v) is 8.12. The van der Waals surface area contributed by atoms with Gasteiger partial charge in [0, 0.05) is 24.3 Å². The summed E-state index contributed by atoms with van der Waals surface area (Å²) in [5.41, 5.74) is 0.689. The molecule has 1 fully saturated rings. The molecule has 1 aromatic rings. The molecule has 4 heteroatoms. The lowest BCUT2D eigenvalue weighted by atomic mass is 9.78. The quantitative estimate of drug-likeness (QED) is 0.873. The van der Waals surface area contributed by atoms with E-state index < -0.39 is 0 Å². The molecule has 1 aliphatic carbocycles. The molecule has 1 amide bonds. The molecule has 0 aliphatic heterocycles. The van der Waals surface area contributed by atoms with Gasteiger partial charge >= 0.3 is 0 Å². The fourth-order valence-corrected chi connectivity index (χ4v) is 3.24. The Morgan fingerprint density at radius 1 is 1.38 bits per heavy atom. The minimum absolute atomic E-state index is 0.0223. The van der Waals surface area contributed by atoms with Gasteiger partial charge in [0.1, 0.15) is 5.82 Å². The maximum absolute atomic E-state index is 12.5. The van der Waals surface area contributed by atoms with Gasteiger partial charge in [0.2, 0.25) is 0 Å². The molecule has 1 aliphatic rings. The van der Waals surface area contributed by atoms with Crippen molar-refractivity contribution in [2.24, 2.45) is 11.8 Å². The summed E-state index contributed by atoms with van der Waals surface area (Å²) >= 11 is 0. The number of carbonyl (C=O) groups is 1. The van der Waals surface area contributed by atoms with E-state index in [1.54, 1.807) is 12.3 Å². The molecule has 1 aromatic heterocycles. The van der Waals surface area contributed by atoms with Gasteiger partial charge in [-0.15, -0.1) is 0 Å². The van der Waals surface area contributed by atoms with Crippen molar-refractivity contribution in [3.8, 4) is 0 Å². The predicted molar refractivity (Wildman–Crippen MR) is 86.5 cm³/mol. The van der Waals surface area contributed by atoms with Crippen molar-refractivity contribution in [1.29, 1.82) is 0 Å². The van der Waals surface area contributed by atoms with Gasteiger partial charge in [-0.1, -0.05) is 26.7 Å². The van der Waals surface area contributed by atoms with Gasteiger partial charge in [0.05, 0.1) is 0 Å². The molecular formula is C17H27N3O. The van der Waals surface area contributed by atoms with Crippen molar-refractivity contribution in [2.45, 2.75) is 52.5 Å². The summed E-state index contributed by atoms with van der Waals surface area (Å²) in [6, 6.07) is 3.91. The lowest BCUT2D eigenvalue weighted by Crippen LogP contribution is -2.43. The number of hydrogen-bond donors (Lipinski definition) is 2. The fraction of sp³-hybridized carbons (Fsp3) is 0.647. The third kappa shape index (κ3) is 4.19. The Balaban J connectivity index is 2.04. The Bertz CT molecular complexity index is 473. The van der Waals surface area contributed by atoms with Gasteiger partial charge in [-0.25, -0.2) is 4.98 Å². The van der Waals surface area contributed by atoms with Gasteiger partial charge < -0.3 is 10.6 Å². The number of pyridine rings is 1. The number of anilines is 1. The molecule has 21 heavy (non-hydrogen) atoms. The molecule has 2 atom stereocenters. The first-order valence-electron chi connectivity index (χ1n) is 8.12. The zero-order valence-electron chi connectivity index (χ0n) is 13.4. The van der Waals surface area contributed by atoms with Crippen LogP contribution in [0.5, 0.6) is 0 Å². The highest BCUT2D eigenvalue weighted by Gasteiger charge is 2.28. The van der Waals surface area contributed by atoms with Gasteiger partial charge in [0.15, 0.2) is 0 Å². The third-order valence-electron chi connectivity index (χ3n) is 4.37. The summed E-state index contributed by atoms with van der Waals surface area (Å²) in [5, 5.41) is 6.38. The van der Waals surface area contributed by atoms with Crippen molar-refractivity contribution in [2.75, 3.05) is 11.9 Å². The smallest absolute Gasteiger partial charge is 0.251 e. The monoisotopic (exact) mass is 289 g/mol. The summed E-state index contributed by atoms with van der Waals surface area (Å²) in [5.74, 6) is 1.99. The maximum atomic E-state index is 12.5. The minimum atomic E-state index is 0.0223. The van der Waals surface area contributed by atoms with Crippen LogP contribution in [-0.4, -0.2) is 23.5 Å². The van der Waals surface area contributed by atoms with Crippen LogP contribution in [0.15, 0.2) is 18.3 Å². The van der Waals surface area contributed by atoms with E-state index in [1.807, 2.05) is 13.0 Å². The van der Waals surface area contributed by atoms with Crippen LogP contribution < -0.4 is 10.6 Å². The van der Waals surface area contributed by atoms with Crippen LogP contribution in [0, 0.1) is 11.8 Å². The van der Waals surface area contributed by atoms with Crippen LogP contribution in [0.3, 0.4) is 0 Å². The highest BCUT2D eigenvalue weighted by Crippen LogP contribution is 2.30. The van der Waals surface area contributed by atoms with E-state index in [1.165, 1.54) is 19.3 Å². The Morgan fingerprint density at radius 3 is 2.86 bits per heavy atom. The molecule has 2 N–H and O–H groups in total. The molecule has 2 unspecified atom stereocenters. The van der Waals surface area contributed by atoms with E-state index in [2.05, 4.69) is 29.5 Å². The molecular weight excluding hydrogens is 262 g/mol. The van der Waals surface area contributed by atoms with Crippen molar-refractivity contribution in [3.63, 3.8) is 0 Å². The molecule has 0 radical (unpaired) electrons. The largest absolute Gasteiger partial charge is 0.370 e. The van der Waals surface area contributed by atoms with Gasteiger partial charge in [-0.3, -0.25) is 4.79 Å². The van der Waals surface area contributed by atoms with Crippen LogP contribution in [0.2, 0.25) is 0 Å². The molecule has 0 saturated heterocycles. The summed E-state index contributed by atoms with van der Waals surface area (Å²) in [4.78, 5) is 16.7. The van der Waals surface area contributed by atoms with Crippen molar-refractivity contribution in [3.05, 3.63) is 23.9 Å². The van der Waals surface area contributed by atoms with Crippen LogP contribution in [0.25, 0.3) is 0 Å². The van der Waals surface area contributed by atoms with E-state index in [9.17, 15) is 4.79 Å². The third-order valence-corrected chi connectivity index (χ3v) is 4.37. The first kappa shape index (κ1) is 15.8. The molecule has 2 rings (SSSR count). The zero-order chi connectivity index (χ0) is 15.2. The molecule has 116 valence electrons. The second kappa shape index (κ2) is 7.43. The lowest BCUT2D eigenvalue weighted by Gasteiger charge is -2.34.